The van der Waals surface area contributed by atoms with E-state index in [0.29, 0.717) is 18.9 Å². The molecular formula is C10H18N4O2. The Morgan fingerprint density at radius 2 is 2.50 bits per heavy atom. The lowest BCUT2D eigenvalue weighted by Crippen LogP contribution is -2.41. The lowest BCUT2D eigenvalue weighted by molar-refractivity contribution is -0.122. The minimum absolute atomic E-state index is 0.118. The van der Waals surface area contributed by atoms with Crippen molar-refractivity contribution >= 4 is 5.91 Å². The quantitative estimate of drug-likeness (QED) is 0.694. The monoisotopic (exact) mass is 226 g/mol. The Hall–Kier alpha value is -1.43. The third-order valence-corrected chi connectivity index (χ3v) is 2.25. The van der Waals surface area contributed by atoms with Gasteiger partial charge in [-0.15, -0.1) is 0 Å². The van der Waals surface area contributed by atoms with Gasteiger partial charge in [0.2, 0.25) is 11.8 Å². The first kappa shape index (κ1) is 12.6. The van der Waals surface area contributed by atoms with E-state index in [4.69, 9.17) is 10.3 Å². The number of unbranched alkanes of at least 4 members (excludes halogenated alkanes) is 1. The highest BCUT2D eigenvalue weighted by molar-refractivity contribution is 5.81. The summed E-state index contributed by atoms with van der Waals surface area (Å²) in [6, 6.07) is -0.414. The summed E-state index contributed by atoms with van der Waals surface area (Å²) in [6.45, 7) is 2.54. The van der Waals surface area contributed by atoms with Crippen molar-refractivity contribution in [3.05, 3.63) is 12.2 Å². The second-order valence-corrected chi connectivity index (χ2v) is 3.62. The van der Waals surface area contributed by atoms with Crippen molar-refractivity contribution in [1.82, 2.24) is 15.5 Å². The summed E-state index contributed by atoms with van der Waals surface area (Å²) < 4.78 is 4.80. The van der Waals surface area contributed by atoms with Crippen LogP contribution in [0, 0.1) is 0 Å². The maximum atomic E-state index is 11.5. The van der Waals surface area contributed by atoms with Gasteiger partial charge in [-0.25, -0.2) is 0 Å². The number of nitrogens with two attached hydrogens (primary N) is 1. The fraction of sp³-hybridized carbons (Fsp3) is 0.700. The highest BCUT2D eigenvalue weighted by atomic mass is 16.5. The van der Waals surface area contributed by atoms with E-state index in [0.717, 1.165) is 19.3 Å². The van der Waals surface area contributed by atoms with Crippen LogP contribution in [-0.2, 0) is 11.2 Å². The minimum Gasteiger partial charge on any atom is -0.354 e. The normalized spacial score (nSPS) is 12.4. The molecule has 0 spiro atoms. The minimum atomic E-state index is -0.414. The van der Waals surface area contributed by atoms with Crippen LogP contribution in [0.5, 0.6) is 0 Å². The van der Waals surface area contributed by atoms with Crippen LogP contribution in [0.2, 0.25) is 0 Å². The van der Waals surface area contributed by atoms with Crippen LogP contribution in [0.4, 0.5) is 0 Å². The Morgan fingerprint density at radius 3 is 3.12 bits per heavy atom. The molecule has 1 heterocycles. The van der Waals surface area contributed by atoms with E-state index < -0.39 is 6.04 Å². The molecule has 1 aromatic rings. The average molecular weight is 226 g/mol. The van der Waals surface area contributed by atoms with Crippen molar-refractivity contribution in [2.75, 3.05) is 6.54 Å². The lowest BCUT2D eigenvalue weighted by Gasteiger charge is -2.10. The number of nitrogens with one attached hydrogen (secondary N) is 1. The summed E-state index contributed by atoms with van der Waals surface area (Å²) in [5.41, 5.74) is 5.70. The molecule has 3 N–H and O–H groups in total. The van der Waals surface area contributed by atoms with Crippen molar-refractivity contribution in [3.8, 4) is 0 Å². The zero-order valence-corrected chi connectivity index (χ0v) is 9.48. The van der Waals surface area contributed by atoms with E-state index >= 15 is 0 Å². The highest BCUT2D eigenvalue weighted by Crippen LogP contribution is 1.98. The van der Waals surface area contributed by atoms with Gasteiger partial charge in [0.15, 0.2) is 6.33 Å². The number of amides is 1. The number of carbonyl (C=O) groups is 1. The van der Waals surface area contributed by atoms with E-state index in [1.165, 1.54) is 6.33 Å². The first-order valence-corrected chi connectivity index (χ1v) is 5.53. The molecule has 6 heteroatoms. The van der Waals surface area contributed by atoms with Gasteiger partial charge in [-0.3, -0.25) is 4.79 Å². The van der Waals surface area contributed by atoms with Crippen LogP contribution < -0.4 is 11.1 Å². The molecule has 0 radical (unpaired) electrons. The zero-order chi connectivity index (χ0) is 11.8. The predicted octanol–water partition coefficient (Wildman–Crippen LogP) is 0.246. The molecule has 0 fully saturated rings. The van der Waals surface area contributed by atoms with Crippen molar-refractivity contribution in [2.24, 2.45) is 5.73 Å². The summed E-state index contributed by atoms with van der Waals surface area (Å²) in [7, 11) is 0. The van der Waals surface area contributed by atoms with Gasteiger partial charge in [-0.1, -0.05) is 24.9 Å². The molecule has 0 aliphatic carbocycles. The van der Waals surface area contributed by atoms with E-state index in [9.17, 15) is 4.79 Å². The third kappa shape index (κ3) is 4.39. The van der Waals surface area contributed by atoms with Crippen LogP contribution >= 0.6 is 0 Å². The van der Waals surface area contributed by atoms with Crippen molar-refractivity contribution in [1.29, 1.82) is 0 Å². The van der Waals surface area contributed by atoms with E-state index in [2.05, 4.69) is 22.4 Å². The van der Waals surface area contributed by atoms with Gasteiger partial charge in [0.25, 0.3) is 0 Å². The van der Waals surface area contributed by atoms with Crippen LogP contribution in [0.25, 0.3) is 0 Å². The summed E-state index contributed by atoms with van der Waals surface area (Å²) in [5, 5.41) is 6.21. The van der Waals surface area contributed by atoms with Gasteiger partial charge in [-0.2, -0.15) is 4.98 Å². The molecule has 1 amide bonds. The average Bonchev–Trinajstić information content (AvgIpc) is 2.78. The Balaban J connectivity index is 2.14. The lowest BCUT2D eigenvalue weighted by atomic mass is 10.1. The largest absolute Gasteiger partial charge is 0.354 e. The molecular weight excluding hydrogens is 208 g/mol. The molecule has 6 nitrogen and oxygen atoms in total. The maximum Gasteiger partial charge on any atom is 0.236 e. The van der Waals surface area contributed by atoms with E-state index in [1.807, 2.05) is 0 Å². The second kappa shape index (κ2) is 6.95. The number of carbonyl (C=O) groups excluding carboxylic acids is 1. The first-order chi connectivity index (χ1) is 7.74. The molecule has 1 rings (SSSR count). The van der Waals surface area contributed by atoms with Gasteiger partial charge in [-0.05, 0) is 6.42 Å². The van der Waals surface area contributed by atoms with Crippen LogP contribution in [0.3, 0.4) is 0 Å². The SMILES string of the molecule is CCCCC(N)C(=O)NCCc1ncno1. The number of rotatable bonds is 7. The Labute approximate surface area is 94.6 Å². The predicted molar refractivity (Wildman–Crippen MR) is 58.5 cm³/mol. The molecule has 0 aliphatic rings. The number of hydrogen-bond acceptors (Lipinski definition) is 5. The molecule has 90 valence electrons. The fourth-order valence-corrected chi connectivity index (χ4v) is 1.28. The Bertz CT molecular complexity index is 300. The van der Waals surface area contributed by atoms with Gasteiger partial charge in [0.1, 0.15) is 0 Å². The molecule has 0 bridgehead atoms. The topological polar surface area (TPSA) is 94.0 Å². The van der Waals surface area contributed by atoms with Gasteiger partial charge >= 0.3 is 0 Å². The van der Waals surface area contributed by atoms with Gasteiger partial charge in [0.05, 0.1) is 6.04 Å². The standard InChI is InChI=1S/C10H18N4O2/c1-2-3-4-8(11)10(15)12-6-5-9-13-7-14-16-9/h7-8H,2-6,11H2,1H3,(H,12,15). The number of nitrogens with zero attached hydrogens (tertiary/aromatic N) is 2. The molecule has 1 unspecified atom stereocenters. The van der Waals surface area contributed by atoms with Gasteiger partial charge in [0, 0.05) is 13.0 Å². The fourth-order valence-electron chi connectivity index (χ4n) is 1.28. The number of hydrogen-bond donors (Lipinski definition) is 2. The van der Waals surface area contributed by atoms with Crippen LogP contribution in [0.15, 0.2) is 10.9 Å². The van der Waals surface area contributed by atoms with Crippen molar-refractivity contribution in [3.63, 3.8) is 0 Å². The third-order valence-electron chi connectivity index (χ3n) is 2.25. The van der Waals surface area contributed by atoms with Crippen molar-refractivity contribution < 1.29 is 9.32 Å². The summed E-state index contributed by atoms with van der Waals surface area (Å²) in [5.74, 6) is 0.399. The number of aromatic nitrogens is 2. The van der Waals surface area contributed by atoms with Crippen molar-refractivity contribution in [2.45, 2.75) is 38.6 Å². The molecule has 0 saturated heterocycles. The van der Waals surface area contributed by atoms with E-state index in [-0.39, 0.29) is 5.91 Å². The first-order valence-electron chi connectivity index (χ1n) is 5.53. The molecule has 16 heavy (non-hydrogen) atoms. The maximum absolute atomic E-state index is 11.5. The molecule has 0 aromatic carbocycles. The summed E-state index contributed by atoms with van der Waals surface area (Å²) in [6.07, 6.45) is 4.61. The summed E-state index contributed by atoms with van der Waals surface area (Å²) >= 11 is 0. The van der Waals surface area contributed by atoms with Gasteiger partial charge < -0.3 is 15.6 Å². The highest BCUT2D eigenvalue weighted by Gasteiger charge is 2.12. The molecule has 0 saturated carbocycles. The Kier molecular flexibility index (Phi) is 5.49. The zero-order valence-electron chi connectivity index (χ0n) is 9.48. The Morgan fingerprint density at radius 1 is 1.69 bits per heavy atom. The molecule has 1 atom stereocenters. The molecule has 0 aliphatic heterocycles. The van der Waals surface area contributed by atoms with E-state index in [1.54, 1.807) is 0 Å². The summed E-state index contributed by atoms with van der Waals surface area (Å²) in [4.78, 5) is 15.3. The second-order valence-electron chi connectivity index (χ2n) is 3.62. The molecule has 1 aromatic heterocycles. The van der Waals surface area contributed by atoms with Crippen LogP contribution in [-0.4, -0.2) is 28.6 Å². The van der Waals surface area contributed by atoms with Crippen LogP contribution in [0.1, 0.15) is 32.1 Å². The smallest absolute Gasteiger partial charge is 0.236 e.